The smallest absolute Gasteiger partial charge is 0.139 e. The van der Waals surface area contributed by atoms with Gasteiger partial charge in [0.15, 0.2) is 0 Å². The number of nitrogens with one attached hydrogen (secondary N) is 1. The first kappa shape index (κ1) is 14.7. The number of halogens is 1. The SMILES string of the molecule is COc1cc(NC(C)c2ccc(C)cc2C)ccc1Cl. The van der Waals surface area contributed by atoms with Gasteiger partial charge in [0.1, 0.15) is 5.75 Å². The van der Waals surface area contributed by atoms with Gasteiger partial charge in [-0.1, -0.05) is 35.4 Å². The van der Waals surface area contributed by atoms with E-state index in [1.807, 2.05) is 18.2 Å². The molecule has 0 aliphatic carbocycles. The standard InChI is InChI=1S/C17H20ClNO/c1-11-5-7-15(12(2)9-11)13(3)19-14-6-8-16(18)17(10-14)20-4/h5-10,13,19H,1-4H3. The topological polar surface area (TPSA) is 21.3 Å². The van der Waals surface area contributed by atoms with Crippen molar-refractivity contribution in [3.8, 4) is 5.75 Å². The lowest BCUT2D eigenvalue weighted by Gasteiger charge is -2.19. The fourth-order valence-corrected chi connectivity index (χ4v) is 2.58. The van der Waals surface area contributed by atoms with E-state index in [2.05, 4.69) is 44.3 Å². The molecule has 0 heterocycles. The second-order valence-corrected chi connectivity index (χ2v) is 5.48. The summed E-state index contributed by atoms with van der Waals surface area (Å²) < 4.78 is 5.24. The highest BCUT2D eigenvalue weighted by atomic mass is 35.5. The van der Waals surface area contributed by atoms with Crippen molar-refractivity contribution in [3.63, 3.8) is 0 Å². The molecule has 106 valence electrons. The molecule has 0 spiro atoms. The van der Waals surface area contributed by atoms with Gasteiger partial charge in [-0.15, -0.1) is 0 Å². The van der Waals surface area contributed by atoms with E-state index in [-0.39, 0.29) is 6.04 Å². The summed E-state index contributed by atoms with van der Waals surface area (Å²) in [5.41, 5.74) is 4.88. The van der Waals surface area contributed by atoms with Gasteiger partial charge in [-0.05, 0) is 44.0 Å². The molecular formula is C17H20ClNO. The van der Waals surface area contributed by atoms with Crippen molar-refractivity contribution in [2.75, 3.05) is 12.4 Å². The monoisotopic (exact) mass is 289 g/mol. The number of hydrogen-bond acceptors (Lipinski definition) is 2. The fraction of sp³-hybridized carbons (Fsp3) is 0.294. The van der Waals surface area contributed by atoms with Gasteiger partial charge in [0, 0.05) is 17.8 Å². The highest BCUT2D eigenvalue weighted by Crippen LogP contribution is 2.30. The van der Waals surface area contributed by atoms with Crippen LogP contribution in [0.3, 0.4) is 0 Å². The first-order chi connectivity index (χ1) is 9.51. The van der Waals surface area contributed by atoms with Gasteiger partial charge in [0.2, 0.25) is 0 Å². The van der Waals surface area contributed by atoms with Crippen LogP contribution in [0.4, 0.5) is 5.69 Å². The number of anilines is 1. The number of ether oxygens (including phenoxy) is 1. The molecule has 20 heavy (non-hydrogen) atoms. The quantitative estimate of drug-likeness (QED) is 0.841. The van der Waals surface area contributed by atoms with Crippen LogP contribution in [0.25, 0.3) is 0 Å². The maximum absolute atomic E-state index is 6.04. The van der Waals surface area contributed by atoms with Gasteiger partial charge in [0.05, 0.1) is 12.1 Å². The Morgan fingerprint density at radius 1 is 1.10 bits per heavy atom. The van der Waals surface area contributed by atoms with Crippen LogP contribution in [0.1, 0.15) is 29.7 Å². The van der Waals surface area contributed by atoms with E-state index < -0.39 is 0 Å². The summed E-state index contributed by atoms with van der Waals surface area (Å²) in [7, 11) is 1.62. The molecule has 0 fully saturated rings. The Morgan fingerprint density at radius 2 is 1.85 bits per heavy atom. The molecule has 0 saturated carbocycles. The average molecular weight is 290 g/mol. The van der Waals surface area contributed by atoms with E-state index in [4.69, 9.17) is 16.3 Å². The summed E-state index contributed by atoms with van der Waals surface area (Å²) in [4.78, 5) is 0. The van der Waals surface area contributed by atoms with E-state index >= 15 is 0 Å². The number of aryl methyl sites for hydroxylation is 2. The first-order valence-corrected chi connectivity index (χ1v) is 7.06. The van der Waals surface area contributed by atoms with Crippen molar-refractivity contribution in [2.24, 2.45) is 0 Å². The maximum Gasteiger partial charge on any atom is 0.139 e. The van der Waals surface area contributed by atoms with E-state index in [0.717, 1.165) is 5.69 Å². The van der Waals surface area contributed by atoms with Crippen LogP contribution in [0.2, 0.25) is 5.02 Å². The molecule has 0 saturated heterocycles. The normalized spacial score (nSPS) is 12.1. The molecular weight excluding hydrogens is 270 g/mol. The first-order valence-electron chi connectivity index (χ1n) is 6.68. The summed E-state index contributed by atoms with van der Waals surface area (Å²) in [5.74, 6) is 0.685. The van der Waals surface area contributed by atoms with Gasteiger partial charge < -0.3 is 10.1 Å². The molecule has 2 aromatic carbocycles. The minimum Gasteiger partial charge on any atom is -0.495 e. The van der Waals surface area contributed by atoms with E-state index in [9.17, 15) is 0 Å². The Hall–Kier alpha value is -1.67. The fourth-order valence-electron chi connectivity index (χ4n) is 2.39. The number of rotatable bonds is 4. The molecule has 2 rings (SSSR count). The van der Waals surface area contributed by atoms with Crippen LogP contribution >= 0.6 is 11.6 Å². The maximum atomic E-state index is 6.04. The molecule has 0 aromatic heterocycles. The Kier molecular flexibility index (Phi) is 4.56. The average Bonchev–Trinajstić information content (AvgIpc) is 2.40. The molecule has 1 N–H and O–H groups in total. The highest BCUT2D eigenvalue weighted by Gasteiger charge is 2.09. The third-order valence-electron chi connectivity index (χ3n) is 3.43. The second-order valence-electron chi connectivity index (χ2n) is 5.08. The predicted molar refractivity (Wildman–Crippen MR) is 86.0 cm³/mol. The van der Waals surface area contributed by atoms with Crippen LogP contribution in [0.15, 0.2) is 36.4 Å². The zero-order valence-electron chi connectivity index (χ0n) is 12.3. The molecule has 2 nitrogen and oxygen atoms in total. The number of benzene rings is 2. The number of methoxy groups -OCH3 is 1. The third-order valence-corrected chi connectivity index (χ3v) is 3.74. The van der Waals surface area contributed by atoms with Crippen LogP contribution < -0.4 is 10.1 Å². The van der Waals surface area contributed by atoms with E-state index in [1.54, 1.807) is 7.11 Å². The van der Waals surface area contributed by atoms with Gasteiger partial charge >= 0.3 is 0 Å². The van der Waals surface area contributed by atoms with Crippen molar-refractivity contribution in [3.05, 3.63) is 58.1 Å². The minimum atomic E-state index is 0.224. The van der Waals surface area contributed by atoms with Crippen molar-refractivity contribution in [1.29, 1.82) is 0 Å². The lowest BCUT2D eigenvalue weighted by molar-refractivity contribution is 0.415. The Balaban J connectivity index is 2.21. The molecule has 0 amide bonds. The van der Waals surface area contributed by atoms with Crippen LogP contribution in [0, 0.1) is 13.8 Å². The van der Waals surface area contributed by atoms with Crippen molar-refractivity contribution < 1.29 is 4.74 Å². The Bertz CT molecular complexity index is 610. The molecule has 0 aliphatic heterocycles. The summed E-state index contributed by atoms with van der Waals surface area (Å²) in [6, 6.07) is 12.5. The molecule has 1 atom stereocenters. The van der Waals surface area contributed by atoms with E-state index in [1.165, 1.54) is 16.7 Å². The van der Waals surface area contributed by atoms with Crippen LogP contribution in [-0.4, -0.2) is 7.11 Å². The predicted octanol–water partition coefficient (Wildman–Crippen LogP) is 5.14. The van der Waals surface area contributed by atoms with Crippen molar-refractivity contribution in [1.82, 2.24) is 0 Å². The summed E-state index contributed by atoms with van der Waals surface area (Å²) >= 11 is 6.04. The van der Waals surface area contributed by atoms with Crippen LogP contribution in [0.5, 0.6) is 5.75 Å². The third kappa shape index (κ3) is 3.26. The number of hydrogen-bond donors (Lipinski definition) is 1. The highest BCUT2D eigenvalue weighted by molar-refractivity contribution is 6.32. The summed E-state index contributed by atoms with van der Waals surface area (Å²) in [5, 5.41) is 4.10. The molecule has 0 bridgehead atoms. The van der Waals surface area contributed by atoms with Gasteiger partial charge in [-0.25, -0.2) is 0 Å². The zero-order chi connectivity index (χ0) is 14.7. The van der Waals surface area contributed by atoms with E-state index in [0.29, 0.717) is 10.8 Å². The Labute approximate surface area is 125 Å². The molecule has 0 aliphatic rings. The summed E-state index contributed by atoms with van der Waals surface area (Å²) in [6.45, 7) is 6.40. The largest absolute Gasteiger partial charge is 0.495 e. The molecule has 1 unspecified atom stereocenters. The summed E-state index contributed by atoms with van der Waals surface area (Å²) in [6.07, 6.45) is 0. The lowest BCUT2D eigenvalue weighted by Crippen LogP contribution is -2.08. The molecule has 3 heteroatoms. The van der Waals surface area contributed by atoms with Gasteiger partial charge in [-0.3, -0.25) is 0 Å². The van der Waals surface area contributed by atoms with Gasteiger partial charge in [0.25, 0.3) is 0 Å². The zero-order valence-corrected chi connectivity index (χ0v) is 13.1. The van der Waals surface area contributed by atoms with Crippen molar-refractivity contribution in [2.45, 2.75) is 26.8 Å². The molecule has 2 aromatic rings. The Morgan fingerprint density at radius 3 is 2.50 bits per heavy atom. The minimum absolute atomic E-state index is 0.224. The van der Waals surface area contributed by atoms with Gasteiger partial charge in [-0.2, -0.15) is 0 Å². The van der Waals surface area contributed by atoms with Crippen LogP contribution in [-0.2, 0) is 0 Å². The molecule has 0 radical (unpaired) electrons. The second kappa shape index (κ2) is 6.19. The van der Waals surface area contributed by atoms with Crippen molar-refractivity contribution >= 4 is 17.3 Å². The lowest BCUT2D eigenvalue weighted by atomic mass is 10.00.